The maximum atomic E-state index is 12.3. The Kier molecular flexibility index (Phi) is 5.16. The van der Waals surface area contributed by atoms with Crippen LogP contribution in [0.15, 0.2) is 24.3 Å². The van der Waals surface area contributed by atoms with Crippen LogP contribution in [0.5, 0.6) is 5.75 Å². The number of para-hydroxylation sites is 2. The maximum absolute atomic E-state index is 12.3. The monoisotopic (exact) mass is 293 g/mol. The van der Waals surface area contributed by atoms with E-state index in [4.69, 9.17) is 14.6 Å². The molecule has 1 amide bonds. The van der Waals surface area contributed by atoms with Gasteiger partial charge in [0.25, 0.3) is 0 Å². The van der Waals surface area contributed by atoms with Gasteiger partial charge >= 0.3 is 5.97 Å². The van der Waals surface area contributed by atoms with Gasteiger partial charge in [0.05, 0.1) is 12.2 Å². The number of anilines is 1. The highest BCUT2D eigenvalue weighted by atomic mass is 16.5. The summed E-state index contributed by atoms with van der Waals surface area (Å²) >= 11 is 0. The zero-order chi connectivity index (χ0) is 15.2. The van der Waals surface area contributed by atoms with Crippen molar-refractivity contribution in [3.05, 3.63) is 24.3 Å². The van der Waals surface area contributed by atoms with E-state index in [1.165, 1.54) is 4.90 Å². The number of benzene rings is 1. The predicted molar refractivity (Wildman–Crippen MR) is 76.6 cm³/mol. The van der Waals surface area contributed by atoms with Gasteiger partial charge < -0.3 is 19.5 Å². The Balaban J connectivity index is 2.09. The van der Waals surface area contributed by atoms with Crippen molar-refractivity contribution < 1.29 is 24.2 Å². The van der Waals surface area contributed by atoms with Crippen LogP contribution in [0.25, 0.3) is 0 Å². The number of hydrogen-bond donors (Lipinski definition) is 1. The van der Waals surface area contributed by atoms with Crippen LogP contribution in [-0.4, -0.2) is 42.8 Å². The van der Waals surface area contributed by atoms with Crippen LogP contribution >= 0.6 is 0 Å². The first-order valence-corrected chi connectivity index (χ1v) is 7.00. The average Bonchev–Trinajstić information content (AvgIpc) is 2.50. The molecular weight excluding hydrogens is 274 g/mol. The zero-order valence-corrected chi connectivity index (χ0v) is 11.9. The second kappa shape index (κ2) is 7.08. The minimum Gasteiger partial charge on any atom is -0.478 e. The fraction of sp³-hybridized carbons (Fsp3) is 0.467. The molecule has 0 saturated heterocycles. The third-order valence-electron chi connectivity index (χ3n) is 3.23. The standard InChI is InChI=1S/C15H19NO5/c1-2-20-9-5-8-14(17)16-10-13(15(18)19)21-12-7-4-3-6-11(12)16/h3-4,6-7,13H,2,5,8-10H2,1H3,(H,18,19). The Hall–Kier alpha value is -2.08. The number of rotatable bonds is 6. The van der Waals surface area contributed by atoms with Gasteiger partial charge in [0, 0.05) is 19.6 Å². The molecule has 0 spiro atoms. The number of ether oxygens (including phenoxy) is 2. The average molecular weight is 293 g/mol. The molecular formula is C15H19NO5. The lowest BCUT2D eigenvalue weighted by Crippen LogP contribution is -2.47. The fourth-order valence-corrected chi connectivity index (χ4v) is 2.20. The molecule has 1 aromatic rings. The fourth-order valence-electron chi connectivity index (χ4n) is 2.20. The number of carbonyl (C=O) groups is 2. The number of hydrogen-bond acceptors (Lipinski definition) is 4. The lowest BCUT2D eigenvalue weighted by molar-refractivity contribution is -0.145. The Labute approximate surface area is 123 Å². The summed E-state index contributed by atoms with van der Waals surface area (Å²) in [6.07, 6.45) is -0.0966. The number of amides is 1. The number of aliphatic carboxylic acids is 1. The van der Waals surface area contributed by atoms with Crippen LogP contribution in [0.1, 0.15) is 19.8 Å². The lowest BCUT2D eigenvalue weighted by atomic mass is 10.1. The summed E-state index contributed by atoms with van der Waals surface area (Å²) in [5, 5.41) is 9.13. The molecule has 2 rings (SSSR count). The summed E-state index contributed by atoms with van der Waals surface area (Å²) in [5.74, 6) is -0.761. The number of carboxylic acid groups (broad SMARTS) is 1. The highest BCUT2D eigenvalue weighted by molar-refractivity contribution is 5.96. The topological polar surface area (TPSA) is 76.1 Å². The molecule has 1 aliphatic rings. The first-order chi connectivity index (χ1) is 10.1. The summed E-state index contributed by atoms with van der Waals surface area (Å²) < 4.78 is 10.6. The van der Waals surface area contributed by atoms with Crippen LogP contribution in [0.3, 0.4) is 0 Å². The van der Waals surface area contributed by atoms with E-state index in [-0.39, 0.29) is 12.5 Å². The van der Waals surface area contributed by atoms with Gasteiger partial charge in [0.2, 0.25) is 12.0 Å². The number of carboxylic acids is 1. The molecule has 0 aromatic heterocycles. The van der Waals surface area contributed by atoms with Gasteiger partial charge in [0.1, 0.15) is 5.75 Å². The van der Waals surface area contributed by atoms with E-state index in [1.807, 2.05) is 6.92 Å². The minimum atomic E-state index is -1.07. The molecule has 0 saturated carbocycles. The van der Waals surface area contributed by atoms with Gasteiger partial charge in [-0.25, -0.2) is 4.79 Å². The molecule has 0 radical (unpaired) electrons. The number of nitrogens with zero attached hydrogens (tertiary/aromatic N) is 1. The largest absolute Gasteiger partial charge is 0.478 e. The summed E-state index contributed by atoms with van der Waals surface area (Å²) in [6.45, 7) is 3.07. The van der Waals surface area contributed by atoms with Gasteiger partial charge in [-0.15, -0.1) is 0 Å². The molecule has 6 heteroatoms. The van der Waals surface area contributed by atoms with Gasteiger partial charge in [-0.05, 0) is 25.5 Å². The van der Waals surface area contributed by atoms with Crippen molar-refractivity contribution in [2.45, 2.75) is 25.9 Å². The first kappa shape index (κ1) is 15.3. The molecule has 0 fully saturated rings. The Morgan fingerprint density at radius 2 is 2.19 bits per heavy atom. The summed E-state index contributed by atoms with van der Waals surface area (Å²) in [5.41, 5.74) is 0.622. The van der Waals surface area contributed by atoms with E-state index in [9.17, 15) is 9.59 Å². The minimum absolute atomic E-state index is 0.0276. The summed E-state index contributed by atoms with van der Waals surface area (Å²) in [6, 6.07) is 6.98. The van der Waals surface area contributed by atoms with Crippen LogP contribution in [0.4, 0.5) is 5.69 Å². The third-order valence-corrected chi connectivity index (χ3v) is 3.23. The maximum Gasteiger partial charge on any atom is 0.346 e. The quantitative estimate of drug-likeness (QED) is 0.808. The second-order valence-electron chi connectivity index (χ2n) is 4.72. The van der Waals surface area contributed by atoms with E-state index in [2.05, 4.69) is 0 Å². The molecule has 1 aliphatic heterocycles. The van der Waals surface area contributed by atoms with Crippen LogP contribution in [0.2, 0.25) is 0 Å². The van der Waals surface area contributed by atoms with Gasteiger partial charge in [0.15, 0.2) is 0 Å². The number of fused-ring (bicyclic) bond motifs is 1. The lowest BCUT2D eigenvalue weighted by Gasteiger charge is -2.33. The van der Waals surface area contributed by atoms with Gasteiger partial charge in [-0.2, -0.15) is 0 Å². The highest BCUT2D eigenvalue weighted by Crippen LogP contribution is 2.33. The molecule has 0 aliphatic carbocycles. The van der Waals surface area contributed by atoms with E-state index in [1.54, 1.807) is 24.3 Å². The molecule has 0 bridgehead atoms. The van der Waals surface area contributed by atoms with Gasteiger partial charge in [-0.3, -0.25) is 4.79 Å². The Bertz CT molecular complexity index is 517. The van der Waals surface area contributed by atoms with Crippen molar-refractivity contribution in [3.63, 3.8) is 0 Å². The predicted octanol–water partition coefficient (Wildman–Crippen LogP) is 1.68. The Morgan fingerprint density at radius 3 is 2.90 bits per heavy atom. The molecule has 1 aromatic carbocycles. The SMILES string of the molecule is CCOCCCC(=O)N1CC(C(=O)O)Oc2ccccc21. The highest BCUT2D eigenvalue weighted by Gasteiger charge is 2.33. The molecule has 1 heterocycles. The zero-order valence-electron chi connectivity index (χ0n) is 11.9. The van der Waals surface area contributed by atoms with Crippen molar-refractivity contribution in [1.29, 1.82) is 0 Å². The summed E-state index contributed by atoms with van der Waals surface area (Å²) in [4.78, 5) is 25.0. The first-order valence-electron chi connectivity index (χ1n) is 7.00. The number of carbonyl (C=O) groups excluding carboxylic acids is 1. The Morgan fingerprint density at radius 1 is 1.43 bits per heavy atom. The van der Waals surface area contributed by atoms with Crippen LogP contribution in [-0.2, 0) is 14.3 Å². The van der Waals surface area contributed by atoms with E-state index in [0.29, 0.717) is 37.5 Å². The van der Waals surface area contributed by atoms with Crippen molar-refractivity contribution in [2.75, 3.05) is 24.7 Å². The van der Waals surface area contributed by atoms with Crippen LogP contribution < -0.4 is 9.64 Å². The van der Waals surface area contributed by atoms with Crippen molar-refractivity contribution in [3.8, 4) is 5.75 Å². The summed E-state index contributed by atoms with van der Waals surface area (Å²) in [7, 11) is 0. The van der Waals surface area contributed by atoms with E-state index in [0.717, 1.165) is 0 Å². The van der Waals surface area contributed by atoms with E-state index < -0.39 is 12.1 Å². The van der Waals surface area contributed by atoms with Crippen molar-refractivity contribution in [2.24, 2.45) is 0 Å². The normalized spacial score (nSPS) is 17.0. The van der Waals surface area contributed by atoms with Crippen molar-refractivity contribution in [1.82, 2.24) is 0 Å². The molecule has 1 atom stereocenters. The molecule has 1 unspecified atom stereocenters. The molecule has 114 valence electrons. The second-order valence-corrected chi connectivity index (χ2v) is 4.72. The molecule has 1 N–H and O–H groups in total. The van der Waals surface area contributed by atoms with Crippen molar-refractivity contribution >= 4 is 17.6 Å². The van der Waals surface area contributed by atoms with Crippen LogP contribution in [0, 0.1) is 0 Å². The molecule has 6 nitrogen and oxygen atoms in total. The van der Waals surface area contributed by atoms with Gasteiger partial charge in [-0.1, -0.05) is 12.1 Å². The third kappa shape index (κ3) is 3.72. The van der Waals surface area contributed by atoms with E-state index >= 15 is 0 Å². The smallest absolute Gasteiger partial charge is 0.346 e. The molecule has 21 heavy (non-hydrogen) atoms.